The lowest BCUT2D eigenvalue weighted by molar-refractivity contribution is 0.567. The molecular formula is C12H22N6. The summed E-state index contributed by atoms with van der Waals surface area (Å²) in [7, 11) is 3.83. The molecule has 2 heterocycles. The van der Waals surface area contributed by atoms with E-state index in [0.717, 1.165) is 31.5 Å². The first-order valence-electron chi connectivity index (χ1n) is 6.64. The fraction of sp³-hybridized carbons (Fsp3) is 0.750. The zero-order chi connectivity index (χ0) is 13.0. The molecule has 0 spiro atoms. The van der Waals surface area contributed by atoms with Crippen molar-refractivity contribution in [1.29, 1.82) is 0 Å². The second kappa shape index (κ2) is 5.84. The zero-order valence-electron chi connectivity index (χ0n) is 11.5. The van der Waals surface area contributed by atoms with Crippen molar-refractivity contribution < 1.29 is 0 Å². The highest BCUT2D eigenvalue weighted by atomic mass is 15.4. The lowest BCUT2D eigenvalue weighted by Crippen LogP contribution is -2.32. The average Bonchev–Trinajstić information content (AvgIpc) is 2.46. The smallest absolute Gasteiger partial charge is 0.231 e. The fourth-order valence-electron chi connectivity index (χ4n) is 2.01. The van der Waals surface area contributed by atoms with E-state index in [1.165, 1.54) is 19.3 Å². The second-order valence-electron chi connectivity index (χ2n) is 4.57. The van der Waals surface area contributed by atoms with E-state index in [4.69, 9.17) is 0 Å². The maximum absolute atomic E-state index is 4.57. The molecule has 0 aromatic carbocycles. The summed E-state index contributed by atoms with van der Waals surface area (Å²) in [6, 6.07) is 0. The number of anilines is 3. The molecule has 0 bridgehead atoms. The maximum Gasteiger partial charge on any atom is 0.231 e. The van der Waals surface area contributed by atoms with Gasteiger partial charge < -0.3 is 15.1 Å². The van der Waals surface area contributed by atoms with Gasteiger partial charge in [-0.15, -0.1) is 0 Å². The number of nitrogens with zero attached hydrogens (tertiary/aromatic N) is 5. The summed E-state index contributed by atoms with van der Waals surface area (Å²) in [5.41, 5.74) is 0. The normalized spacial score (nSPS) is 15.6. The minimum atomic E-state index is 0.640. The molecule has 0 aliphatic carbocycles. The molecule has 0 unspecified atom stereocenters. The molecule has 1 aliphatic heterocycles. The van der Waals surface area contributed by atoms with Crippen molar-refractivity contribution in [2.24, 2.45) is 0 Å². The van der Waals surface area contributed by atoms with Crippen LogP contribution in [0.3, 0.4) is 0 Å². The fourth-order valence-corrected chi connectivity index (χ4v) is 2.01. The van der Waals surface area contributed by atoms with Gasteiger partial charge in [-0.1, -0.05) is 0 Å². The average molecular weight is 250 g/mol. The van der Waals surface area contributed by atoms with Crippen LogP contribution in [0.25, 0.3) is 0 Å². The third kappa shape index (κ3) is 2.80. The molecule has 100 valence electrons. The molecule has 1 fully saturated rings. The van der Waals surface area contributed by atoms with Crippen LogP contribution < -0.4 is 15.1 Å². The van der Waals surface area contributed by atoms with Crippen molar-refractivity contribution in [2.75, 3.05) is 48.8 Å². The van der Waals surface area contributed by atoms with Crippen molar-refractivity contribution >= 4 is 17.8 Å². The van der Waals surface area contributed by atoms with E-state index in [-0.39, 0.29) is 0 Å². The summed E-state index contributed by atoms with van der Waals surface area (Å²) < 4.78 is 0. The second-order valence-corrected chi connectivity index (χ2v) is 4.57. The van der Waals surface area contributed by atoms with E-state index in [2.05, 4.69) is 32.1 Å². The highest BCUT2D eigenvalue weighted by Crippen LogP contribution is 2.19. The molecule has 0 atom stereocenters. The van der Waals surface area contributed by atoms with E-state index in [1.54, 1.807) is 0 Å². The molecule has 1 aliphatic rings. The molecule has 6 nitrogen and oxygen atoms in total. The Morgan fingerprint density at radius 3 is 2.50 bits per heavy atom. The quantitative estimate of drug-likeness (QED) is 0.870. The Balaban J connectivity index is 2.27. The topological polar surface area (TPSA) is 57.2 Å². The van der Waals surface area contributed by atoms with Gasteiger partial charge in [0.25, 0.3) is 0 Å². The summed E-state index contributed by atoms with van der Waals surface area (Å²) in [5.74, 6) is 2.17. The minimum absolute atomic E-state index is 0.640. The minimum Gasteiger partial charge on any atom is -0.357 e. The molecule has 1 aromatic heterocycles. The van der Waals surface area contributed by atoms with Gasteiger partial charge in [0.2, 0.25) is 17.8 Å². The molecule has 18 heavy (non-hydrogen) atoms. The summed E-state index contributed by atoms with van der Waals surface area (Å²) in [6.07, 6.45) is 3.75. The van der Waals surface area contributed by atoms with E-state index in [9.17, 15) is 0 Å². The first kappa shape index (κ1) is 12.9. The summed E-state index contributed by atoms with van der Waals surface area (Å²) in [6.45, 7) is 5.06. The van der Waals surface area contributed by atoms with Crippen LogP contribution >= 0.6 is 0 Å². The molecule has 0 saturated carbocycles. The van der Waals surface area contributed by atoms with Gasteiger partial charge in [0, 0.05) is 33.7 Å². The molecular weight excluding hydrogens is 228 g/mol. The molecule has 0 amide bonds. The molecule has 2 rings (SSSR count). The zero-order valence-corrected chi connectivity index (χ0v) is 11.5. The van der Waals surface area contributed by atoms with Crippen LogP contribution in [-0.2, 0) is 0 Å². The lowest BCUT2D eigenvalue weighted by atomic mass is 10.1. The Kier molecular flexibility index (Phi) is 4.17. The van der Waals surface area contributed by atoms with Crippen LogP contribution in [0.5, 0.6) is 0 Å². The summed E-state index contributed by atoms with van der Waals surface area (Å²) in [5, 5.41) is 3.01. The van der Waals surface area contributed by atoms with Gasteiger partial charge in [0.05, 0.1) is 0 Å². The van der Waals surface area contributed by atoms with Crippen LogP contribution in [0.15, 0.2) is 0 Å². The largest absolute Gasteiger partial charge is 0.357 e. The van der Waals surface area contributed by atoms with Gasteiger partial charge in [-0.2, -0.15) is 15.0 Å². The van der Waals surface area contributed by atoms with Crippen molar-refractivity contribution in [3.8, 4) is 0 Å². The standard InChI is InChI=1S/C12H22N6/c1-4-17(3)11-14-10(13-2)15-12(16-11)18-8-6-5-7-9-18/h4-9H2,1-3H3,(H,13,14,15,16). The van der Waals surface area contributed by atoms with Crippen molar-refractivity contribution in [1.82, 2.24) is 15.0 Å². The Hall–Kier alpha value is -1.59. The van der Waals surface area contributed by atoms with Crippen LogP contribution in [0.1, 0.15) is 26.2 Å². The Labute approximate surface area is 108 Å². The van der Waals surface area contributed by atoms with Gasteiger partial charge in [-0.3, -0.25) is 0 Å². The number of rotatable bonds is 4. The SMILES string of the molecule is CCN(C)c1nc(NC)nc(N2CCCCC2)n1. The molecule has 0 radical (unpaired) electrons. The third-order valence-electron chi connectivity index (χ3n) is 3.29. The predicted octanol–water partition coefficient (Wildman–Crippen LogP) is 1.36. The van der Waals surface area contributed by atoms with Gasteiger partial charge >= 0.3 is 0 Å². The summed E-state index contributed by atoms with van der Waals surface area (Å²) >= 11 is 0. The molecule has 1 saturated heterocycles. The highest BCUT2D eigenvalue weighted by Gasteiger charge is 2.16. The van der Waals surface area contributed by atoms with Crippen LogP contribution in [-0.4, -0.2) is 48.7 Å². The number of aromatic nitrogens is 3. The van der Waals surface area contributed by atoms with Gasteiger partial charge in [-0.25, -0.2) is 0 Å². The number of nitrogens with one attached hydrogen (secondary N) is 1. The summed E-state index contributed by atoms with van der Waals surface area (Å²) in [4.78, 5) is 17.7. The van der Waals surface area contributed by atoms with E-state index < -0.39 is 0 Å². The lowest BCUT2D eigenvalue weighted by Gasteiger charge is -2.27. The van der Waals surface area contributed by atoms with Crippen molar-refractivity contribution in [3.05, 3.63) is 0 Å². The van der Waals surface area contributed by atoms with Crippen LogP contribution in [0.2, 0.25) is 0 Å². The van der Waals surface area contributed by atoms with E-state index in [1.807, 2.05) is 19.0 Å². The molecule has 6 heteroatoms. The van der Waals surface area contributed by atoms with Crippen molar-refractivity contribution in [3.63, 3.8) is 0 Å². The van der Waals surface area contributed by atoms with Crippen molar-refractivity contribution in [2.45, 2.75) is 26.2 Å². The highest BCUT2D eigenvalue weighted by molar-refractivity contribution is 5.44. The number of hydrogen-bond acceptors (Lipinski definition) is 6. The molecule has 1 N–H and O–H groups in total. The van der Waals surface area contributed by atoms with E-state index >= 15 is 0 Å². The van der Waals surface area contributed by atoms with Crippen LogP contribution in [0, 0.1) is 0 Å². The molecule has 1 aromatic rings. The Bertz CT molecular complexity index is 388. The third-order valence-corrected chi connectivity index (χ3v) is 3.29. The Morgan fingerprint density at radius 2 is 1.89 bits per heavy atom. The van der Waals surface area contributed by atoms with Crippen LogP contribution in [0.4, 0.5) is 17.8 Å². The first-order chi connectivity index (χ1) is 8.74. The number of piperidine rings is 1. The maximum atomic E-state index is 4.57. The first-order valence-corrected chi connectivity index (χ1v) is 6.64. The van der Waals surface area contributed by atoms with Gasteiger partial charge in [-0.05, 0) is 26.2 Å². The number of hydrogen-bond donors (Lipinski definition) is 1. The van der Waals surface area contributed by atoms with Gasteiger partial charge in [0.15, 0.2) is 0 Å². The van der Waals surface area contributed by atoms with Gasteiger partial charge in [0.1, 0.15) is 0 Å². The van der Waals surface area contributed by atoms with E-state index in [0.29, 0.717) is 5.95 Å². The Morgan fingerprint density at radius 1 is 1.17 bits per heavy atom. The monoisotopic (exact) mass is 250 g/mol. The predicted molar refractivity (Wildman–Crippen MR) is 74.4 cm³/mol.